The van der Waals surface area contributed by atoms with E-state index < -0.39 is 0 Å². The van der Waals surface area contributed by atoms with Crippen molar-refractivity contribution in [2.24, 2.45) is 17.6 Å². The zero-order valence-electron chi connectivity index (χ0n) is 7.22. The molecule has 2 rings (SSSR count). The lowest BCUT2D eigenvalue weighted by molar-refractivity contribution is 0.419. The van der Waals surface area contributed by atoms with Crippen LogP contribution in [-0.4, -0.2) is 19.1 Å². The predicted octanol–water partition coefficient (Wildman–Crippen LogP) is 0.722. The first-order chi connectivity index (χ1) is 5.31. The molecule has 2 fully saturated rings. The second-order valence-corrected chi connectivity index (χ2v) is 4.12. The molecular weight excluding hydrogens is 136 g/mol. The van der Waals surface area contributed by atoms with Gasteiger partial charge in [0.25, 0.3) is 0 Å². The molecule has 64 valence electrons. The molecule has 0 radical (unpaired) electrons. The molecule has 0 spiro atoms. The summed E-state index contributed by atoms with van der Waals surface area (Å²) in [6.45, 7) is 0. The van der Waals surface area contributed by atoms with Crippen molar-refractivity contribution in [3.05, 3.63) is 0 Å². The van der Waals surface area contributed by atoms with Crippen LogP contribution in [0.4, 0.5) is 0 Å². The van der Waals surface area contributed by atoms with Crippen LogP contribution in [0, 0.1) is 11.8 Å². The number of fused-ring (bicyclic) bond motifs is 1. The highest BCUT2D eigenvalue weighted by atomic mass is 14.9. The molecule has 2 heteroatoms. The quantitative estimate of drug-likeness (QED) is 0.584. The van der Waals surface area contributed by atoms with Gasteiger partial charge in [0.15, 0.2) is 0 Å². The Kier molecular flexibility index (Phi) is 1.90. The number of hydrogen-bond donors (Lipinski definition) is 2. The van der Waals surface area contributed by atoms with Gasteiger partial charge in [-0.25, -0.2) is 0 Å². The van der Waals surface area contributed by atoms with Gasteiger partial charge in [-0.3, -0.25) is 0 Å². The molecule has 2 saturated carbocycles. The van der Waals surface area contributed by atoms with Crippen molar-refractivity contribution in [3.8, 4) is 0 Å². The standard InChI is InChI=1S/C9H18N2/c1-11-7-4-6-2-3-9(10)8(6)5-7/h6-9,11H,2-5,10H2,1H3/t6-,7?,8+,9+/m0/s1. The maximum absolute atomic E-state index is 6.01. The van der Waals surface area contributed by atoms with Crippen LogP contribution in [0.3, 0.4) is 0 Å². The van der Waals surface area contributed by atoms with E-state index in [4.69, 9.17) is 5.73 Å². The van der Waals surface area contributed by atoms with Crippen molar-refractivity contribution in [1.82, 2.24) is 5.32 Å². The summed E-state index contributed by atoms with van der Waals surface area (Å²) in [6, 6.07) is 1.27. The van der Waals surface area contributed by atoms with Gasteiger partial charge in [0.2, 0.25) is 0 Å². The summed E-state index contributed by atoms with van der Waals surface area (Å²) in [5.74, 6) is 1.79. The van der Waals surface area contributed by atoms with E-state index in [0.717, 1.165) is 17.9 Å². The fourth-order valence-corrected chi connectivity index (χ4v) is 2.87. The SMILES string of the molecule is CNC1C[C@@H]2CC[C@@H](N)[C@@H]2C1. The average Bonchev–Trinajstić information content (AvgIpc) is 2.53. The van der Waals surface area contributed by atoms with Crippen LogP contribution >= 0.6 is 0 Å². The van der Waals surface area contributed by atoms with Crippen LogP contribution < -0.4 is 11.1 Å². The topological polar surface area (TPSA) is 38.0 Å². The molecule has 0 heterocycles. The van der Waals surface area contributed by atoms with Crippen LogP contribution in [0.2, 0.25) is 0 Å². The van der Waals surface area contributed by atoms with Gasteiger partial charge < -0.3 is 11.1 Å². The Bertz CT molecular complexity index is 146. The molecule has 4 atom stereocenters. The third-order valence-electron chi connectivity index (χ3n) is 3.58. The summed E-state index contributed by atoms with van der Waals surface area (Å²) in [4.78, 5) is 0. The molecule has 0 aromatic carbocycles. The Morgan fingerprint density at radius 2 is 2.09 bits per heavy atom. The van der Waals surface area contributed by atoms with Gasteiger partial charge >= 0.3 is 0 Å². The highest BCUT2D eigenvalue weighted by molar-refractivity contribution is 4.96. The van der Waals surface area contributed by atoms with Crippen molar-refractivity contribution in [1.29, 1.82) is 0 Å². The van der Waals surface area contributed by atoms with Crippen LogP contribution in [0.25, 0.3) is 0 Å². The molecule has 2 nitrogen and oxygen atoms in total. The third kappa shape index (κ3) is 1.18. The number of hydrogen-bond acceptors (Lipinski definition) is 2. The molecule has 11 heavy (non-hydrogen) atoms. The van der Waals surface area contributed by atoms with Crippen molar-refractivity contribution in [2.75, 3.05) is 7.05 Å². The summed E-state index contributed by atoms with van der Waals surface area (Å²) in [7, 11) is 2.07. The second kappa shape index (κ2) is 2.76. The zero-order chi connectivity index (χ0) is 7.84. The molecule has 1 unspecified atom stereocenters. The Hall–Kier alpha value is -0.0800. The Balaban J connectivity index is 1.98. The molecule has 0 aliphatic heterocycles. The molecule has 0 saturated heterocycles. The van der Waals surface area contributed by atoms with Gasteiger partial charge in [0.05, 0.1) is 0 Å². The minimum absolute atomic E-state index is 0.512. The van der Waals surface area contributed by atoms with Crippen molar-refractivity contribution < 1.29 is 0 Å². The summed E-state index contributed by atoms with van der Waals surface area (Å²) < 4.78 is 0. The number of nitrogens with two attached hydrogens (primary N) is 1. The Labute approximate surface area is 68.5 Å². The highest BCUT2D eigenvalue weighted by Crippen LogP contribution is 2.43. The minimum atomic E-state index is 0.512. The lowest BCUT2D eigenvalue weighted by atomic mass is 9.98. The fraction of sp³-hybridized carbons (Fsp3) is 1.00. The van der Waals surface area contributed by atoms with E-state index >= 15 is 0 Å². The molecule has 0 aromatic heterocycles. The lowest BCUT2D eigenvalue weighted by Gasteiger charge is -2.13. The molecule has 0 amide bonds. The van der Waals surface area contributed by atoms with Crippen LogP contribution in [0.1, 0.15) is 25.7 Å². The average molecular weight is 154 g/mol. The number of rotatable bonds is 1. The molecule has 0 bridgehead atoms. The van der Waals surface area contributed by atoms with Gasteiger partial charge in [0, 0.05) is 12.1 Å². The van der Waals surface area contributed by atoms with Crippen LogP contribution in [-0.2, 0) is 0 Å². The predicted molar refractivity (Wildman–Crippen MR) is 46.3 cm³/mol. The largest absolute Gasteiger partial charge is 0.327 e. The normalized spacial score (nSPS) is 49.6. The van der Waals surface area contributed by atoms with Gasteiger partial charge in [-0.15, -0.1) is 0 Å². The summed E-state index contributed by atoms with van der Waals surface area (Å²) >= 11 is 0. The van der Waals surface area contributed by atoms with Crippen molar-refractivity contribution >= 4 is 0 Å². The summed E-state index contributed by atoms with van der Waals surface area (Å²) in [5, 5.41) is 3.36. The van der Waals surface area contributed by atoms with Crippen LogP contribution in [0.5, 0.6) is 0 Å². The molecular formula is C9H18N2. The van der Waals surface area contributed by atoms with Crippen molar-refractivity contribution in [3.63, 3.8) is 0 Å². The molecule has 0 aromatic rings. The van der Waals surface area contributed by atoms with Crippen molar-refractivity contribution in [2.45, 2.75) is 37.8 Å². The van der Waals surface area contributed by atoms with E-state index in [1.165, 1.54) is 25.7 Å². The molecule has 3 N–H and O–H groups in total. The minimum Gasteiger partial charge on any atom is -0.327 e. The van der Waals surface area contributed by atoms with E-state index in [0.29, 0.717) is 6.04 Å². The smallest absolute Gasteiger partial charge is 0.00705 e. The zero-order valence-corrected chi connectivity index (χ0v) is 7.22. The van der Waals surface area contributed by atoms with E-state index in [1.807, 2.05) is 0 Å². The first kappa shape index (κ1) is 7.56. The van der Waals surface area contributed by atoms with Gasteiger partial charge in [0.1, 0.15) is 0 Å². The summed E-state index contributed by atoms with van der Waals surface area (Å²) in [6.07, 6.45) is 5.34. The third-order valence-corrected chi connectivity index (χ3v) is 3.58. The maximum Gasteiger partial charge on any atom is 0.00705 e. The summed E-state index contributed by atoms with van der Waals surface area (Å²) in [5.41, 5.74) is 6.01. The van der Waals surface area contributed by atoms with E-state index in [9.17, 15) is 0 Å². The Morgan fingerprint density at radius 1 is 1.27 bits per heavy atom. The van der Waals surface area contributed by atoms with E-state index in [1.54, 1.807) is 0 Å². The monoisotopic (exact) mass is 154 g/mol. The van der Waals surface area contributed by atoms with Gasteiger partial charge in [-0.1, -0.05) is 0 Å². The van der Waals surface area contributed by atoms with E-state index in [2.05, 4.69) is 12.4 Å². The van der Waals surface area contributed by atoms with Crippen LogP contribution in [0.15, 0.2) is 0 Å². The molecule has 2 aliphatic rings. The van der Waals surface area contributed by atoms with Gasteiger partial charge in [-0.05, 0) is 44.6 Å². The first-order valence-electron chi connectivity index (χ1n) is 4.74. The van der Waals surface area contributed by atoms with Gasteiger partial charge in [-0.2, -0.15) is 0 Å². The highest BCUT2D eigenvalue weighted by Gasteiger charge is 2.40. The first-order valence-corrected chi connectivity index (χ1v) is 4.74. The number of nitrogens with one attached hydrogen (secondary N) is 1. The molecule has 2 aliphatic carbocycles. The van der Waals surface area contributed by atoms with E-state index in [-0.39, 0.29) is 0 Å². The fourth-order valence-electron chi connectivity index (χ4n) is 2.87. The Morgan fingerprint density at radius 3 is 2.73 bits per heavy atom. The lowest BCUT2D eigenvalue weighted by Crippen LogP contribution is -2.28. The second-order valence-electron chi connectivity index (χ2n) is 4.12. The maximum atomic E-state index is 6.01.